The molecule has 1 N–H and O–H groups in total. The van der Waals surface area contributed by atoms with E-state index < -0.39 is 11.9 Å². The standard InChI is InChI=1S/C16H16BrFO2/c1-9-6-10(2)8-11(7-9)16(19)14-12(17)4-5-13(20-3)15(14)18/h4-8,16,19H,1-3H3. The minimum absolute atomic E-state index is 0.117. The van der Waals surface area contributed by atoms with Gasteiger partial charge in [0.2, 0.25) is 0 Å². The smallest absolute Gasteiger partial charge is 0.172 e. The van der Waals surface area contributed by atoms with E-state index >= 15 is 0 Å². The van der Waals surface area contributed by atoms with Crippen molar-refractivity contribution in [1.29, 1.82) is 0 Å². The molecule has 2 aromatic rings. The van der Waals surface area contributed by atoms with Gasteiger partial charge in [0.15, 0.2) is 11.6 Å². The summed E-state index contributed by atoms with van der Waals surface area (Å²) in [5.41, 5.74) is 2.90. The highest BCUT2D eigenvalue weighted by molar-refractivity contribution is 9.10. The molecule has 0 heterocycles. The Hall–Kier alpha value is -1.39. The average molecular weight is 339 g/mol. The number of ether oxygens (including phenoxy) is 1. The normalized spacial score (nSPS) is 12.3. The van der Waals surface area contributed by atoms with Crippen LogP contribution < -0.4 is 4.74 Å². The molecule has 0 radical (unpaired) electrons. The molecule has 0 amide bonds. The second-order valence-corrected chi connectivity index (χ2v) is 5.66. The van der Waals surface area contributed by atoms with Crippen LogP contribution in [-0.2, 0) is 0 Å². The quantitative estimate of drug-likeness (QED) is 0.904. The number of halogens is 2. The summed E-state index contributed by atoms with van der Waals surface area (Å²) in [7, 11) is 1.40. The molecule has 1 unspecified atom stereocenters. The highest BCUT2D eigenvalue weighted by Crippen LogP contribution is 2.35. The molecule has 106 valence electrons. The fraction of sp³-hybridized carbons (Fsp3) is 0.250. The van der Waals surface area contributed by atoms with Crippen LogP contribution in [-0.4, -0.2) is 12.2 Å². The van der Waals surface area contributed by atoms with E-state index in [0.29, 0.717) is 10.0 Å². The summed E-state index contributed by atoms with van der Waals surface area (Å²) >= 11 is 3.29. The molecular formula is C16H16BrFO2. The molecule has 0 saturated heterocycles. The first-order valence-electron chi connectivity index (χ1n) is 6.22. The number of benzene rings is 2. The average Bonchev–Trinajstić information content (AvgIpc) is 2.37. The molecule has 2 nitrogen and oxygen atoms in total. The van der Waals surface area contributed by atoms with E-state index in [4.69, 9.17) is 4.74 Å². The molecule has 0 aromatic heterocycles. The van der Waals surface area contributed by atoms with Crippen LogP contribution in [0.25, 0.3) is 0 Å². The molecule has 0 aliphatic rings. The van der Waals surface area contributed by atoms with Crippen molar-refractivity contribution in [3.05, 3.63) is 62.9 Å². The monoisotopic (exact) mass is 338 g/mol. The highest BCUT2D eigenvalue weighted by atomic mass is 79.9. The van der Waals surface area contributed by atoms with Gasteiger partial charge in [0.05, 0.1) is 7.11 Å². The van der Waals surface area contributed by atoms with Crippen LogP contribution in [0.4, 0.5) is 4.39 Å². The first-order chi connectivity index (χ1) is 9.43. The van der Waals surface area contributed by atoms with Crippen molar-refractivity contribution in [3.63, 3.8) is 0 Å². The lowest BCUT2D eigenvalue weighted by molar-refractivity contribution is 0.212. The van der Waals surface area contributed by atoms with Gasteiger partial charge < -0.3 is 9.84 Å². The summed E-state index contributed by atoms with van der Waals surface area (Å²) in [6, 6.07) is 8.90. The Morgan fingerprint density at radius 3 is 2.30 bits per heavy atom. The molecule has 0 aliphatic heterocycles. The maximum absolute atomic E-state index is 14.4. The molecule has 0 fully saturated rings. The van der Waals surface area contributed by atoms with Crippen molar-refractivity contribution in [2.75, 3.05) is 7.11 Å². The minimum atomic E-state index is -1.04. The van der Waals surface area contributed by atoms with Gasteiger partial charge >= 0.3 is 0 Å². The Balaban J connectivity index is 2.55. The zero-order chi connectivity index (χ0) is 14.9. The Labute approximate surface area is 126 Å². The lowest BCUT2D eigenvalue weighted by Gasteiger charge is -2.17. The number of hydrogen-bond donors (Lipinski definition) is 1. The van der Waals surface area contributed by atoms with Crippen molar-refractivity contribution in [2.45, 2.75) is 20.0 Å². The highest BCUT2D eigenvalue weighted by Gasteiger charge is 2.21. The third kappa shape index (κ3) is 2.86. The molecule has 0 bridgehead atoms. The van der Waals surface area contributed by atoms with Gasteiger partial charge in [-0.25, -0.2) is 4.39 Å². The minimum Gasteiger partial charge on any atom is -0.494 e. The summed E-state index contributed by atoms with van der Waals surface area (Å²) in [6.07, 6.45) is -1.04. The lowest BCUT2D eigenvalue weighted by Crippen LogP contribution is -2.06. The van der Waals surface area contributed by atoms with Crippen LogP contribution >= 0.6 is 15.9 Å². The van der Waals surface area contributed by atoms with Crippen LogP contribution in [0, 0.1) is 19.7 Å². The molecule has 0 aliphatic carbocycles. The Morgan fingerprint density at radius 1 is 1.15 bits per heavy atom. The maximum Gasteiger partial charge on any atom is 0.172 e. The summed E-state index contributed by atoms with van der Waals surface area (Å²) < 4.78 is 19.8. The maximum atomic E-state index is 14.4. The van der Waals surface area contributed by atoms with Crippen molar-refractivity contribution in [2.24, 2.45) is 0 Å². The topological polar surface area (TPSA) is 29.5 Å². The van der Waals surface area contributed by atoms with Crippen LogP contribution in [0.1, 0.15) is 28.4 Å². The van der Waals surface area contributed by atoms with Gasteiger partial charge in [-0.15, -0.1) is 0 Å². The number of rotatable bonds is 3. The lowest BCUT2D eigenvalue weighted by atomic mass is 9.97. The van der Waals surface area contributed by atoms with Crippen molar-refractivity contribution >= 4 is 15.9 Å². The molecule has 1 atom stereocenters. The number of hydrogen-bond acceptors (Lipinski definition) is 2. The zero-order valence-corrected chi connectivity index (χ0v) is 13.2. The van der Waals surface area contributed by atoms with E-state index in [0.717, 1.165) is 11.1 Å². The SMILES string of the molecule is COc1ccc(Br)c(C(O)c2cc(C)cc(C)c2)c1F. The second-order valence-electron chi connectivity index (χ2n) is 4.80. The molecule has 0 spiro atoms. The van der Waals surface area contributed by atoms with E-state index in [9.17, 15) is 9.50 Å². The number of aliphatic hydroxyl groups is 1. The van der Waals surface area contributed by atoms with Crippen LogP contribution in [0.15, 0.2) is 34.8 Å². The fourth-order valence-corrected chi connectivity index (χ4v) is 2.82. The Kier molecular flexibility index (Phi) is 4.45. The number of aliphatic hydroxyl groups excluding tert-OH is 1. The molecule has 20 heavy (non-hydrogen) atoms. The van der Waals surface area contributed by atoms with Crippen molar-refractivity contribution in [1.82, 2.24) is 0 Å². The predicted molar refractivity (Wildman–Crippen MR) is 80.6 cm³/mol. The van der Waals surface area contributed by atoms with Gasteiger partial charge in [0.1, 0.15) is 6.10 Å². The van der Waals surface area contributed by atoms with Gasteiger partial charge in [-0.2, -0.15) is 0 Å². The number of methoxy groups -OCH3 is 1. The first-order valence-corrected chi connectivity index (χ1v) is 7.01. The largest absolute Gasteiger partial charge is 0.494 e. The van der Waals surface area contributed by atoms with Gasteiger partial charge in [-0.3, -0.25) is 0 Å². The van der Waals surface area contributed by atoms with Gasteiger partial charge in [-0.1, -0.05) is 45.3 Å². The Bertz CT molecular complexity index is 620. The molecule has 2 rings (SSSR count). The molecule has 0 saturated carbocycles. The van der Waals surface area contributed by atoms with Crippen LogP contribution in [0.5, 0.6) is 5.75 Å². The van der Waals surface area contributed by atoms with E-state index in [-0.39, 0.29) is 11.3 Å². The van der Waals surface area contributed by atoms with Crippen LogP contribution in [0.3, 0.4) is 0 Å². The predicted octanol–water partition coefficient (Wildman–Crippen LogP) is 4.30. The second kappa shape index (κ2) is 5.94. The third-order valence-electron chi connectivity index (χ3n) is 3.14. The van der Waals surface area contributed by atoms with Gasteiger partial charge in [0, 0.05) is 10.0 Å². The van der Waals surface area contributed by atoms with E-state index in [1.807, 2.05) is 32.0 Å². The summed E-state index contributed by atoms with van der Waals surface area (Å²) in [5, 5.41) is 10.5. The van der Waals surface area contributed by atoms with E-state index in [2.05, 4.69) is 15.9 Å². The Morgan fingerprint density at radius 2 is 1.75 bits per heavy atom. The van der Waals surface area contributed by atoms with E-state index in [1.54, 1.807) is 6.07 Å². The molecule has 2 aromatic carbocycles. The van der Waals surface area contributed by atoms with Crippen molar-refractivity contribution < 1.29 is 14.2 Å². The van der Waals surface area contributed by atoms with Gasteiger partial charge in [0.25, 0.3) is 0 Å². The van der Waals surface area contributed by atoms with Crippen molar-refractivity contribution in [3.8, 4) is 5.75 Å². The van der Waals surface area contributed by atoms with E-state index in [1.165, 1.54) is 13.2 Å². The zero-order valence-electron chi connectivity index (χ0n) is 11.6. The van der Waals surface area contributed by atoms with Crippen LogP contribution in [0.2, 0.25) is 0 Å². The fourth-order valence-electron chi connectivity index (χ4n) is 2.29. The molecular weight excluding hydrogens is 323 g/mol. The first kappa shape index (κ1) is 15.0. The third-order valence-corrected chi connectivity index (χ3v) is 3.84. The summed E-state index contributed by atoms with van der Waals surface area (Å²) in [6.45, 7) is 3.89. The summed E-state index contributed by atoms with van der Waals surface area (Å²) in [5.74, 6) is -0.430. The summed E-state index contributed by atoms with van der Waals surface area (Å²) in [4.78, 5) is 0. The van der Waals surface area contributed by atoms with Gasteiger partial charge in [-0.05, 0) is 31.5 Å². The number of aryl methyl sites for hydroxylation is 2. The molecule has 4 heteroatoms.